The molecule has 0 aliphatic carbocycles. The van der Waals surface area contributed by atoms with Gasteiger partial charge in [-0.2, -0.15) is 0 Å². The van der Waals surface area contributed by atoms with Crippen LogP contribution in [0.2, 0.25) is 0 Å². The fraction of sp³-hybridized carbons (Fsp3) is 0.400. The molecule has 5 heteroatoms. The van der Waals surface area contributed by atoms with E-state index < -0.39 is 0 Å². The third kappa shape index (κ3) is 6.16. The first-order chi connectivity index (χ1) is 19.5. The number of rotatable bonds is 7. The minimum absolute atomic E-state index is 0.359. The van der Waals surface area contributed by atoms with E-state index in [1.54, 1.807) is 0 Å². The lowest BCUT2D eigenvalue weighted by Gasteiger charge is -2.50. The highest BCUT2D eigenvalue weighted by molar-refractivity contribution is 5.83. The average molecular weight is 535 g/mol. The normalized spacial score (nSPS) is 21.1. The molecule has 3 aromatic carbocycles. The number of piperidine rings is 1. The molecule has 2 aliphatic rings. The molecule has 2 fully saturated rings. The molecule has 0 N–H and O–H groups in total. The molecule has 208 valence electrons. The molecule has 0 bridgehead atoms. The van der Waals surface area contributed by atoms with Gasteiger partial charge in [-0.1, -0.05) is 60.2 Å². The third-order valence-corrected chi connectivity index (χ3v) is 8.93. The molecule has 1 aromatic heterocycles. The number of aromatic nitrogens is 1. The van der Waals surface area contributed by atoms with Gasteiger partial charge in [0.15, 0.2) is 0 Å². The van der Waals surface area contributed by atoms with E-state index in [-0.39, 0.29) is 0 Å². The lowest BCUT2D eigenvalue weighted by molar-refractivity contribution is -0.00707. The van der Waals surface area contributed by atoms with E-state index in [9.17, 15) is 0 Å². The first-order valence-corrected chi connectivity index (χ1v) is 14.8. The Hall–Kier alpha value is -3.41. The monoisotopic (exact) mass is 534 g/mol. The van der Waals surface area contributed by atoms with Gasteiger partial charge in [0.2, 0.25) is 0 Å². The van der Waals surface area contributed by atoms with Crippen LogP contribution in [0.3, 0.4) is 0 Å². The molecule has 2 aliphatic heterocycles. The van der Waals surface area contributed by atoms with Crippen LogP contribution in [0.15, 0.2) is 85.1 Å². The summed E-state index contributed by atoms with van der Waals surface area (Å²) in [6.45, 7) is 9.23. The molecule has 5 nitrogen and oxygen atoms in total. The minimum Gasteiger partial charge on any atom is -0.492 e. The lowest BCUT2D eigenvalue weighted by atomic mass is 9.93. The van der Waals surface area contributed by atoms with Crippen LogP contribution in [0, 0.1) is 13.8 Å². The van der Waals surface area contributed by atoms with E-state index in [2.05, 4.69) is 119 Å². The fourth-order valence-electron chi connectivity index (χ4n) is 6.49. The summed E-state index contributed by atoms with van der Waals surface area (Å²) in [7, 11) is 2.28. The van der Waals surface area contributed by atoms with Crippen molar-refractivity contribution in [2.24, 2.45) is 0 Å². The zero-order valence-corrected chi connectivity index (χ0v) is 24.2. The number of aryl methyl sites for hydroxylation is 2. The van der Waals surface area contributed by atoms with Crippen molar-refractivity contribution in [3.05, 3.63) is 102 Å². The van der Waals surface area contributed by atoms with Gasteiger partial charge in [0, 0.05) is 44.5 Å². The van der Waals surface area contributed by atoms with Gasteiger partial charge >= 0.3 is 0 Å². The summed E-state index contributed by atoms with van der Waals surface area (Å²) in [6, 6.07) is 29.8. The SMILES string of the molecule is Cc1ccc(CC2CN(C)C(COc3ccc4ccccc4c3)CN2C2CCN(c3cc(C)ccn3)CC2)cc1. The van der Waals surface area contributed by atoms with Gasteiger partial charge < -0.3 is 9.64 Å². The Morgan fingerprint density at radius 3 is 2.35 bits per heavy atom. The highest BCUT2D eigenvalue weighted by Crippen LogP contribution is 2.28. The van der Waals surface area contributed by atoms with Crippen molar-refractivity contribution in [2.75, 3.05) is 44.7 Å². The predicted octanol–water partition coefficient (Wildman–Crippen LogP) is 6.13. The number of hydrogen-bond donors (Lipinski definition) is 0. The van der Waals surface area contributed by atoms with Crippen molar-refractivity contribution in [3.8, 4) is 5.75 Å². The maximum absolute atomic E-state index is 6.43. The number of nitrogens with zero attached hydrogens (tertiary/aromatic N) is 4. The van der Waals surface area contributed by atoms with Crippen molar-refractivity contribution in [2.45, 2.75) is 51.2 Å². The largest absolute Gasteiger partial charge is 0.492 e. The quantitative estimate of drug-likeness (QED) is 0.285. The summed E-state index contributed by atoms with van der Waals surface area (Å²) in [5, 5.41) is 2.48. The Kier molecular flexibility index (Phi) is 8.03. The van der Waals surface area contributed by atoms with E-state index >= 15 is 0 Å². The zero-order chi connectivity index (χ0) is 27.5. The summed E-state index contributed by atoms with van der Waals surface area (Å²) in [5.41, 5.74) is 4.03. The second-order valence-electron chi connectivity index (χ2n) is 11.9. The molecule has 6 rings (SSSR count). The van der Waals surface area contributed by atoms with Crippen molar-refractivity contribution in [1.29, 1.82) is 0 Å². The van der Waals surface area contributed by atoms with Crippen molar-refractivity contribution < 1.29 is 4.74 Å². The van der Waals surface area contributed by atoms with Crippen LogP contribution < -0.4 is 9.64 Å². The summed E-state index contributed by atoms with van der Waals surface area (Å²) < 4.78 is 6.43. The van der Waals surface area contributed by atoms with Crippen LogP contribution in [0.1, 0.15) is 29.5 Å². The Balaban J connectivity index is 1.16. The zero-order valence-electron chi connectivity index (χ0n) is 24.2. The molecular weight excluding hydrogens is 492 g/mol. The van der Waals surface area contributed by atoms with Gasteiger partial charge in [-0.3, -0.25) is 9.80 Å². The van der Waals surface area contributed by atoms with Gasteiger partial charge in [0.25, 0.3) is 0 Å². The summed E-state index contributed by atoms with van der Waals surface area (Å²) in [6.07, 6.45) is 5.36. The van der Waals surface area contributed by atoms with Gasteiger partial charge in [0.1, 0.15) is 18.2 Å². The van der Waals surface area contributed by atoms with Gasteiger partial charge in [0.05, 0.1) is 6.04 Å². The summed E-state index contributed by atoms with van der Waals surface area (Å²) in [5.74, 6) is 2.08. The summed E-state index contributed by atoms with van der Waals surface area (Å²) in [4.78, 5) is 12.5. The molecule has 2 unspecified atom stereocenters. The smallest absolute Gasteiger partial charge is 0.128 e. The molecule has 4 aromatic rings. The van der Waals surface area contributed by atoms with Crippen molar-refractivity contribution in [1.82, 2.24) is 14.8 Å². The van der Waals surface area contributed by atoms with Crippen LogP contribution in [-0.2, 0) is 6.42 Å². The van der Waals surface area contributed by atoms with Gasteiger partial charge in [-0.05, 0) is 86.3 Å². The van der Waals surface area contributed by atoms with Gasteiger partial charge in [-0.15, -0.1) is 0 Å². The molecule has 40 heavy (non-hydrogen) atoms. The molecule has 0 amide bonds. The molecule has 2 atom stereocenters. The number of likely N-dealkylation sites (N-methyl/N-ethyl adjacent to an activating group) is 1. The second kappa shape index (κ2) is 12.0. The number of hydrogen-bond acceptors (Lipinski definition) is 5. The number of piperazine rings is 1. The number of fused-ring (bicyclic) bond motifs is 1. The Morgan fingerprint density at radius 2 is 1.57 bits per heavy atom. The minimum atomic E-state index is 0.359. The van der Waals surface area contributed by atoms with E-state index in [1.807, 2.05) is 6.20 Å². The topological polar surface area (TPSA) is 31.8 Å². The van der Waals surface area contributed by atoms with Crippen LogP contribution in [-0.4, -0.2) is 72.7 Å². The number of anilines is 1. The molecule has 0 spiro atoms. The summed E-state index contributed by atoms with van der Waals surface area (Å²) >= 11 is 0. The number of ether oxygens (including phenoxy) is 1. The Labute approximate surface area is 239 Å². The highest BCUT2D eigenvalue weighted by Gasteiger charge is 2.37. The average Bonchev–Trinajstić information content (AvgIpc) is 2.98. The van der Waals surface area contributed by atoms with Crippen molar-refractivity contribution >= 4 is 16.6 Å². The first kappa shape index (κ1) is 26.8. The standard InChI is InChI=1S/C35H42N4O/c1-26-8-10-28(11-9-26)21-32-23-37(3)33(25-40-34-13-12-29-6-4-5-7-30(29)22-34)24-39(32)31-15-18-38(19-16-31)35-20-27(2)14-17-36-35/h4-14,17,20,22,31-33H,15-16,18-19,21,23-25H2,1-3H3. The highest BCUT2D eigenvalue weighted by atomic mass is 16.5. The van der Waals surface area contributed by atoms with E-state index in [0.29, 0.717) is 24.7 Å². The van der Waals surface area contributed by atoms with Crippen LogP contribution in [0.5, 0.6) is 5.75 Å². The molecule has 0 saturated carbocycles. The molecule has 3 heterocycles. The Morgan fingerprint density at radius 1 is 0.800 bits per heavy atom. The maximum atomic E-state index is 6.43. The number of pyridine rings is 1. The fourth-order valence-corrected chi connectivity index (χ4v) is 6.49. The Bertz CT molecular complexity index is 1410. The second-order valence-corrected chi connectivity index (χ2v) is 11.9. The van der Waals surface area contributed by atoms with E-state index in [4.69, 9.17) is 4.74 Å². The first-order valence-electron chi connectivity index (χ1n) is 14.8. The maximum Gasteiger partial charge on any atom is 0.128 e. The van der Waals surface area contributed by atoms with Gasteiger partial charge in [-0.25, -0.2) is 4.98 Å². The third-order valence-electron chi connectivity index (χ3n) is 8.93. The van der Waals surface area contributed by atoms with Crippen LogP contribution in [0.25, 0.3) is 10.8 Å². The predicted molar refractivity (Wildman–Crippen MR) is 165 cm³/mol. The van der Waals surface area contributed by atoms with E-state index in [0.717, 1.165) is 44.2 Å². The van der Waals surface area contributed by atoms with E-state index in [1.165, 1.54) is 40.3 Å². The lowest BCUT2D eigenvalue weighted by Crippen LogP contribution is -2.63. The van der Waals surface area contributed by atoms with Crippen LogP contribution >= 0.6 is 0 Å². The molecule has 0 radical (unpaired) electrons. The van der Waals surface area contributed by atoms with Crippen LogP contribution in [0.4, 0.5) is 5.82 Å². The molecule has 2 saturated heterocycles. The molecular formula is C35H42N4O. The van der Waals surface area contributed by atoms with Crippen molar-refractivity contribution in [3.63, 3.8) is 0 Å². The number of benzene rings is 3.